The van der Waals surface area contributed by atoms with Gasteiger partial charge >= 0.3 is 5.97 Å². The average Bonchev–Trinajstić information content (AvgIpc) is 2.98. The number of esters is 1. The monoisotopic (exact) mass is 312 g/mol. The molecule has 0 spiro atoms. The molecule has 118 valence electrons. The summed E-state index contributed by atoms with van der Waals surface area (Å²) in [7, 11) is 0. The smallest absolute Gasteiger partial charge is 0.361 e. The number of hydrogen-bond donors (Lipinski definition) is 1. The molecule has 3 rings (SSSR count). The summed E-state index contributed by atoms with van der Waals surface area (Å²) >= 11 is 0. The fraction of sp³-hybridized carbons (Fsp3) is 0.250. The van der Waals surface area contributed by atoms with E-state index in [1.54, 1.807) is 4.90 Å². The number of rotatable bonds is 3. The normalized spacial score (nSPS) is 14.2. The summed E-state index contributed by atoms with van der Waals surface area (Å²) in [6, 6.07) is 7.68. The van der Waals surface area contributed by atoms with Crippen molar-refractivity contribution in [1.82, 2.24) is 9.97 Å². The predicted octanol–water partition coefficient (Wildman–Crippen LogP) is 1.19. The van der Waals surface area contributed by atoms with Gasteiger partial charge in [-0.15, -0.1) is 0 Å². The van der Waals surface area contributed by atoms with Gasteiger partial charge in [-0.25, -0.2) is 14.8 Å². The van der Waals surface area contributed by atoms with Crippen LogP contribution in [0.4, 0.5) is 11.5 Å². The van der Waals surface area contributed by atoms with Crippen molar-refractivity contribution >= 4 is 23.4 Å². The van der Waals surface area contributed by atoms with E-state index in [4.69, 9.17) is 10.5 Å². The molecular weight excluding hydrogens is 296 g/mol. The van der Waals surface area contributed by atoms with Gasteiger partial charge in [0.25, 0.3) is 5.91 Å². The third-order valence-corrected chi connectivity index (χ3v) is 3.70. The minimum absolute atomic E-state index is 0.0244. The van der Waals surface area contributed by atoms with E-state index in [1.165, 1.54) is 19.3 Å². The highest BCUT2D eigenvalue weighted by molar-refractivity contribution is 6.00. The first kappa shape index (κ1) is 15.0. The van der Waals surface area contributed by atoms with Crippen molar-refractivity contribution in [3.05, 3.63) is 47.9 Å². The van der Waals surface area contributed by atoms with Gasteiger partial charge in [-0.2, -0.15) is 0 Å². The second-order valence-corrected chi connectivity index (χ2v) is 5.21. The molecule has 0 radical (unpaired) electrons. The van der Waals surface area contributed by atoms with E-state index in [9.17, 15) is 9.59 Å². The summed E-state index contributed by atoms with van der Waals surface area (Å²) in [4.78, 5) is 33.9. The van der Waals surface area contributed by atoms with E-state index in [0.717, 1.165) is 17.7 Å². The van der Waals surface area contributed by atoms with Crippen molar-refractivity contribution in [2.75, 3.05) is 17.2 Å². The van der Waals surface area contributed by atoms with Gasteiger partial charge in [-0.05, 0) is 25.0 Å². The second-order valence-electron chi connectivity index (χ2n) is 5.21. The molecular formula is C16H16N4O3. The topological polar surface area (TPSA) is 98.4 Å². The molecule has 7 nitrogen and oxygen atoms in total. The van der Waals surface area contributed by atoms with Crippen LogP contribution < -0.4 is 10.6 Å². The van der Waals surface area contributed by atoms with Crippen LogP contribution in [0.3, 0.4) is 0 Å². The minimum Gasteiger partial charge on any atom is -0.448 e. The van der Waals surface area contributed by atoms with E-state index in [1.807, 2.05) is 24.3 Å². The van der Waals surface area contributed by atoms with Crippen molar-refractivity contribution < 1.29 is 14.3 Å². The molecule has 1 aliphatic heterocycles. The molecule has 1 amide bonds. The third kappa shape index (κ3) is 2.85. The maximum Gasteiger partial charge on any atom is 0.361 e. The number of benzene rings is 1. The number of anilines is 2. The number of fused-ring (bicyclic) bond motifs is 1. The Kier molecular flexibility index (Phi) is 3.92. The highest BCUT2D eigenvalue weighted by atomic mass is 16.5. The van der Waals surface area contributed by atoms with Crippen LogP contribution in [0.1, 0.15) is 23.0 Å². The lowest BCUT2D eigenvalue weighted by molar-refractivity contribution is -0.126. The molecule has 0 aliphatic carbocycles. The molecule has 0 bridgehead atoms. The van der Waals surface area contributed by atoms with Gasteiger partial charge in [0.05, 0.1) is 0 Å². The van der Waals surface area contributed by atoms with Crippen LogP contribution in [0, 0.1) is 0 Å². The highest BCUT2D eigenvalue weighted by Crippen LogP contribution is 2.28. The molecule has 1 aromatic heterocycles. The van der Waals surface area contributed by atoms with E-state index < -0.39 is 12.1 Å². The van der Waals surface area contributed by atoms with Crippen LogP contribution in [0.15, 0.2) is 36.7 Å². The lowest BCUT2D eigenvalue weighted by Crippen LogP contribution is -2.39. The van der Waals surface area contributed by atoms with Gasteiger partial charge in [-0.3, -0.25) is 4.79 Å². The SMILES string of the molecule is CC(OC(=O)c1nccnc1N)C(=O)N1CCc2ccccc21. The summed E-state index contributed by atoms with van der Waals surface area (Å²) in [5.74, 6) is -1.06. The van der Waals surface area contributed by atoms with Crippen molar-refractivity contribution in [3.8, 4) is 0 Å². The fourth-order valence-corrected chi connectivity index (χ4v) is 2.56. The summed E-state index contributed by atoms with van der Waals surface area (Å²) in [5.41, 5.74) is 7.47. The largest absolute Gasteiger partial charge is 0.448 e. The van der Waals surface area contributed by atoms with Crippen molar-refractivity contribution in [3.63, 3.8) is 0 Å². The summed E-state index contributed by atoms with van der Waals surface area (Å²) in [5, 5.41) is 0. The number of hydrogen-bond acceptors (Lipinski definition) is 6. The molecule has 2 heterocycles. The maximum absolute atomic E-state index is 12.5. The Hall–Kier alpha value is -2.96. The number of aromatic nitrogens is 2. The van der Waals surface area contributed by atoms with E-state index in [2.05, 4.69) is 9.97 Å². The first-order valence-electron chi connectivity index (χ1n) is 7.24. The number of carbonyl (C=O) groups is 2. The molecule has 1 aliphatic rings. The molecule has 7 heteroatoms. The number of nitrogen functional groups attached to an aromatic ring is 1. The van der Waals surface area contributed by atoms with Crippen molar-refractivity contribution in [2.24, 2.45) is 0 Å². The Balaban J connectivity index is 1.72. The molecule has 0 saturated carbocycles. The van der Waals surface area contributed by atoms with Crippen molar-refractivity contribution in [1.29, 1.82) is 0 Å². The van der Waals surface area contributed by atoms with Gasteiger partial charge in [0.2, 0.25) is 0 Å². The lowest BCUT2D eigenvalue weighted by atomic mass is 10.2. The van der Waals surface area contributed by atoms with Crippen LogP contribution in [-0.4, -0.2) is 34.5 Å². The molecule has 1 aromatic carbocycles. The van der Waals surface area contributed by atoms with Gasteiger partial charge in [0, 0.05) is 24.6 Å². The maximum atomic E-state index is 12.5. The summed E-state index contributed by atoms with van der Waals surface area (Å²) < 4.78 is 5.19. The molecule has 23 heavy (non-hydrogen) atoms. The zero-order valence-corrected chi connectivity index (χ0v) is 12.6. The van der Waals surface area contributed by atoms with Crippen LogP contribution >= 0.6 is 0 Å². The minimum atomic E-state index is -0.935. The zero-order valence-electron chi connectivity index (χ0n) is 12.6. The standard InChI is InChI=1S/C16H16N4O3/c1-10(23-16(22)13-14(17)19-8-7-18-13)15(21)20-9-6-11-4-2-3-5-12(11)20/h2-5,7-8,10H,6,9H2,1H3,(H2,17,19). The quantitative estimate of drug-likeness (QED) is 0.855. The Morgan fingerprint density at radius 2 is 2.00 bits per heavy atom. The molecule has 0 fully saturated rings. The van der Waals surface area contributed by atoms with E-state index >= 15 is 0 Å². The van der Waals surface area contributed by atoms with E-state index in [0.29, 0.717) is 6.54 Å². The molecule has 2 N–H and O–H groups in total. The first-order valence-corrected chi connectivity index (χ1v) is 7.24. The van der Waals surface area contributed by atoms with Gasteiger partial charge in [-0.1, -0.05) is 18.2 Å². The Bertz CT molecular complexity index is 762. The number of amides is 1. The number of para-hydroxylation sites is 1. The van der Waals surface area contributed by atoms with Crippen LogP contribution in [0.2, 0.25) is 0 Å². The molecule has 1 unspecified atom stereocenters. The summed E-state index contributed by atoms with van der Waals surface area (Å²) in [6.07, 6.45) is 2.58. The fourth-order valence-electron chi connectivity index (χ4n) is 2.56. The van der Waals surface area contributed by atoms with Gasteiger partial charge in [0.1, 0.15) is 0 Å². The number of carbonyl (C=O) groups excluding carboxylic acids is 2. The summed E-state index contributed by atoms with van der Waals surface area (Å²) in [6.45, 7) is 2.11. The third-order valence-electron chi connectivity index (χ3n) is 3.70. The van der Waals surface area contributed by atoms with Crippen LogP contribution in [-0.2, 0) is 16.0 Å². The predicted molar refractivity (Wildman–Crippen MR) is 83.8 cm³/mol. The Morgan fingerprint density at radius 3 is 2.78 bits per heavy atom. The Labute approximate surface area is 133 Å². The van der Waals surface area contributed by atoms with Gasteiger partial charge < -0.3 is 15.4 Å². The van der Waals surface area contributed by atoms with Crippen molar-refractivity contribution in [2.45, 2.75) is 19.4 Å². The Morgan fingerprint density at radius 1 is 1.26 bits per heavy atom. The second kappa shape index (κ2) is 6.04. The molecule has 2 aromatic rings. The molecule has 0 saturated heterocycles. The zero-order chi connectivity index (χ0) is 16.4. The molecule has 1 atom stereocenters. The van der Waals surface area contributed by atoms with Crippen LogP contribution in [0.5, 0.6) is 0 Å². The number of nitrogens with zero attached hydrogens (tertiary/aromatic N) is 3. The lowest BCUT2D eigenvalue weighted by Gasteiger charge is -2.21. The highest BCUT2D eigenvalue weighted by Gasteiger charge is 2.30. The number of nitrogens with two attached hydrogens (primary N) is 1. The van der Waals surface area contributed by atoms with Gasteiger partial charge in [0.15, 0.2) is 17.6 Å². The number of ether oxygens (including phenoxy) is 1. The van der Waals surface area contributed by atoms with E-state index in [-0.39, 0.29) is 17.4 Å². The average molecular weight is 312 g/mol. The van der Waals surface area contributed by atoms with Crippen LogP contribution in [0.25, 0.3) is 0 Å². The first-order chi connectivity index (χ1) is 11.1.